The van der Waals surface area contributed by atoms with Crippen molar-refractivity contribution in [2.75, 3.05) is 5.32 Å². The molecule has 0 aliphatic carbocycles. The van der Waals surface area contributed by atoms with Crippen LogP contribution in [0.5, 0.6) is 0 Å². The van der Waals surface area contributed by atoms with Crippen molar-refractivity contribution in [3.05, 3.63) is 84.7 Å². The van der Waals surface area contributed by atoms with Gasteiger partial charge in [-0.2, -0.15) is 17.7 Å². The molecule has 0 aliphatic rings. The Hall–Kier alpha value is -3.15. The number of halogens is 3. The summed E-state index contributed by atoms with van der Waals surface area (Å²) in [5.41, 5.74) is 1.57. The summed E-state index contributed by atoms with van der Waals surface area (Å²) >= 11 is 0. The maximum atomic E-state index is 12.6. The molecule has 26 heavy (non-hydrogen) atoms. The number of pyridine rings is 1. The van der Waals surface area contributed by atoms with Crippen molar-refractivity contribution in [2.45, 2.75) is 12.7 Å². The molecule has 3 rings (SSSR count). The van der Waals surface area contributed by atoms with Gasteiger partial charge in [0.1, 0.15) is 0 Å². The molecule has 0 saturated heterocycles. The fourth-order valence-electron chi connectivity index (χ4n) is 2.53. The van der Waals surface area contributed by atoms with E-state index in [0.29, 0.717) is 5.69 Å². The molecule has 0 fully saturated rings. The molecule has 0 atom stereocenters. The summed E-state index contributed by atoms with van der Waals surface area (Å²) < 4.78 is 39.4. The van der Waals surface area contributed by atoms with Gasteiger partial charge in [-0.05, 0) is 35.9 Å². The molecule has 1 amide bonds. The number of hydrogen-bond donors (Lipinski definition) is 1. The van der Waals surface area contributed by atoms with Crippen LogP contribution in [0.3, 0.4) is 0 Å². The quantitative estimate of drug-likeness (QED) is 0.694. The molecule has 1 aromatic heterocycles. The first-order valence-electron chi connectivity index (χ1n) is 7.93. The maximum Gasteiger partial charge on any atom is 0.416 e. The van der Waals surface area contributed by atoms with Crippen molar-refractivity contribution in [1.82, 2.24) is 0 Å². The van der Waals surface area contributed by atoms with Gasteiger partial charge in [0.2, 0.25) is 6.54 Å². The average molecular weight is 357 g/mol. The van der Waals surface area contributed by atoms with E-state index in [-0.39, 0.29) is 12.5 Å². The lowest BCUT2D eigenvalue weighted by Gasteiger charge is -2.08. The number of nitrogens with one attached hydrogen (secondary N) is 1. The summed E-state index contributed by atoms with van der Waals surface area (Å²) in [6, 6.07) is 17.9. The molecule has 0 aliphatic heterocycles. The second-order valence-corrected chi connectivity index (χ2v) is 5.75. The lowest BCUT2D eigenvalue weighted by atomic mass is 10.1. The summed E-state index contributed by atoms with van der Waals surface area (Å²) in [6.07, 6.45) is -0.781. The van der Waals surface area contributed by atoms with Gasteiger partial charge >= 0.3 is 6.18 Å². The van der Waals surface area contributed by atoms with Crippen LogP contribution in [0.1, 0.15) is 5.56 Å². The number of benzene rings is 2. The van der Waals surface area contributed by atoms with E-state index in [1.807, 2.05) is 48.7 Å². The molecule has 3 nitrogen and oxygen atoms in total. The van der Waals surface area contributed by atoms with Crippen molar-refractivity contribution in [2.24, 2.45) is 0 Å². The van der Waals surface area contributed by atoms with Gasteiger partial charge in [0.25, 0.3) is 5.91 Å². The minimum atomic E-state index is -4.39. The monoisotopic (exact) mass is 357 g/mol. The summed E-state index contributed by atoms with van der Waals surface area (Å²) in [6.45, 7) is 0.0572. The van der Waals surface area contributed by atoms with Gasteiger partial charge in [-0.3, -0.25) is 4.79 Å². The Morgan fingerprint density at radius 3 is 2.19 bits per heavy atom. The van der Waals surface area contributed by atoms with Gasteiger partial charge in [-0.1, -0.05) is 30.3 Å². The van der Waals surface area contributed by atoms with Crippen LogP contribution in [-0.4, -0.2) is 5.91 Å². The predicted molar refractivity (Wildman–Crippen MR) is 92.1 cm³/mol. The van der Waals surface area contributed by atoms with E-state index >= 15 is 0 Å². The Morgan fingerprint density at radius 1 is 0.885 bits per heavy atom. The lowest BCUT2D eigenvalue weighted by Crippen LogP contribution is -2.39. The average Bonchev–Trinajstić information content (AvgIpc) is 2.62. The van der Waals surface area contributed by atoms with Crippen LogP contribution >= 0.6 is 0 Å². The van der Waals surface area contributed by atoms with Crippen LogP contribution in [0.15, 0.2) is 79.1 Å². The molecule has 1 heterocycles. The molecular weight excluding hydrogens is 341 g/mol. The van der Waals surface area contributed by atoms with Crippen LogP contribution in [0, 0.1) is 0 Å². The Labute approximate surface area is 148 Å². The van der Waals surface area contributed by atoms with Gasteiger partial charge < -0.3 is 5.32 Å². The molecule has 3 aromatic rings. The summed E-state index contributed by atoms with van der Waals surface area (Å²) in [4.78, 5) is 12.2. The zero-order chi connectivity index (χ0) is 18.6. The molecule has 0 bridgehead atoms. The van der Waals surface area contributed by atoms with Gasteiger partial charge in [-0.15, -0.1) is 0 Å². The topological polar surface area (TPSA) is 33.0 Å². The predicted octanol–water partition coefficient (Wildman–Crippen LogP) is 4.30. The highest BCUT2D eigenvalue weighted by atomic mass is 19.4. The number of nitrogens with zero attached hydrogens (tertiary/aromatic N) is 1. The van der Waals surface area contributed by atoms with Crippen LogP contribution in [0.25, 0.3) is 11.1 Å². The van der Waals surface area contributed by atoms with E-state index in [1.165, 1.54) is 12.1 Å². The Bertz CT molecular complexity index is 891. The highest BCUT2D eigenvalue weighted by Gasteiger charge is 2.30. The number of hydrogen-bond acceptors (Lipinski definition) is 1. The molecule has 1 N–H and O–H groups in total. The van der Waals surface area contributed by atoms with Crippen molar-refractivity contribution in [1.29, 1.82) is 0 Å². The third kappa shape index (κ3) is 4.47. The SMILES string of the molecule is O=C(C[n+]1cccc(-c2ccccc2)c1)Nc1ccc(C(F)(F)F)cc1. The van der Waals surface area contributed by atoms with E-state index in [2.05, 4.69) is 5.32 Å². The highest BCUT2D eigenvalue weighted by Crippen LogP contribution is 2.29. The number of anilines is 1. The molecule has 0 unspecified atom stereocenters. The van der Waals surface area contributed by atoms with E-state index in [4.69, 9.17) is 0 Å². The summed E-state index contributed by atoms with van der Waals surface area (Å²) in [5.74, 6) is -0.319. The molecule has 0 radical (unpaired) electrons. The number of carbonyl (C=O) groups excluding carboxylic acids is 1. The first-order valence-corrected chi connectivity index (χ1v) is 7.93. The minimum Gasteiger partial charge on any atom is -0.321 e. The van der Waals surface area contributed by atoms with Crippen molar-refractivity contribution < 1.29 is 22.5 Å². The zero-order valence-corrected chi connectivity index (χ0v) is 13.7. The van der Waals surface area contributed by atoms with Crippen molar-refractivity contribution in [3.63, 3.8) is 0 Å². The molecule has 6 heteroatoms. The Balaban J connectivity index is 1.67. The molecule has 2 aromatic carbocycles. The smallest absolute Gasteiger partial charge is 0.321 e. The van der Waals surface area contributed by atoms with Crippen LogP contribution in [-0.2, 0) is 17.5 Å². The maximum absolute atomic E-state index is 12.6. The highest BCUT2D eigenvalue weighted by molar-refractivity contribution is 5.89. The number of aromatic nitrogens is 1. The van der Waals surface area contributed by atoms with Gasteiger partial charge in [0.05, 0.1) is 5.56 Å². The second kappa shape index (κ2) is 7.39. The number of carbonyl (C=O) groups is 1. The fraction of sp³-hybridized carbons (Fsp3) is 0.100. The van der Waals surface area contributed by atoms with Gasteiger partial charge in [0, 0.05) is 17.3 Å². The largest absolute Gasteiger partial charge is 0.416 e. The third-order valence-corrected chi connectivity index (χ3v) is 3.79. The first-order chi connectivity index (χ1) is 12.4. The molecule has 0 spiro atoms. The van der Waals surface area contributed by atoms with Crippen molar-refractivity contribution in [3.8, 4) is 11.1 Å². The Morgan fingerprint density at radius 2 is 1.54 bits per heavy atom. The Kier molecular flexibility index (Phi) is 5.02. The van der Waals surface area contributed by atoms with E-state index in [9.17, 15) is 18.0 Å². The standard InChI is InChI=1S/C20H15F3N2O/c21-20(22,23)17-8-10-18(11-9-17)24-19(26)14-25-12-4-7-16(13-25)15-5-2-1-3-6-15/h1-13H,14H2/p+1. The lowest BCUT2D eigenvalue weighted by molar-refractivity contribution is -0.683. The third-order valence-electron chi connectivity index (χ3n) is 3.79. The van der Waals surface area contributed by atoms with Crippen molar-refractivity contribution >= 4 is 11.6 Å². The molecular formula is C20H16F3N2O+. The van der Waals surface area contributed by atoms with Gasteiger partial charge in [-0.25, -0.2) is 0 Å². The van der Waals surface area contributed by atoms with E-state index in [1.54, 1.807) is 10.8 Å². The normalized spacial score (nSPS) is 11.2. The van der Waals surface area contributed by atoms with Crippen LogP contribution < -0.4 is 9.88 Å². The summed E-state index contributed by atoms with van der Waals surface area (Å²) in [5, 5.41) is 2.60. The number of amides is 1. The zero-order valence-electron chi connectivity index (χ0n) is 13.7. The second-order valence-electron chi connectivity index (χ2n) is 5.75. The number of alkyl halides is 3. The van der Waals surface area contributed by atoms with Crippen LogP contribution in [0.2, 0.25) is 0 Å². The van der Waals surface area contributed by atoms with E-state index in [0.717, 1.165) is 23.3 Å². The van der Waals surface area contributed by atoms with Crippen LogP contribution in [0.4, 0.5) is 18.9 Å². The first kappa shape index (κ1) is 17.7. The molecule has 0 saturated carbocycles. The molecule has 132 valence electrons. The van der Waals surface area contributed by atoms with E-state index < -0.39 is 11.7 Å². The fourth-order valence-corrected chi connectivity index (χ4v) is 2.53. The minimum absolute atomic E-state index is 0.0572. The summed E-state index contributed by atoms with van der Waals surface area (Å²) in [7, 11) is 0. The van der Waals surface area contributed by atoms with Gasteiger partial charge in [0.15, 0.2) is 12.4 Å². The number of rotatable bonds is 4.